The van der Waals surface area contributed by atoms with Crippen molar-refractivity contribution in [1.82, 2.24) is 9.55 Å². The molecule has 2 aromatic rings. The van der Waals surface area contributed by atoms with Crippen LogP contribution in [-0.2, 0) is 6.54 Å². The minimum Gasteiger partial charge on any atom is -0.497 e. The first kappa shape index (κ1) is 15.4. The van der Waals surface area contributed by atoms with E-state index in [2.05, 4.69) is 18.8 Å². The molecule has 0 fully saturated rings. The number of hydrogen-bond donors (Lipinski definition) is 1. The average Bonchev–Trinajstić information content (AvgIpc) is 2.94. The van der Waals surface area contributed by atoms with Crippen molar-refractivity contribution in [3.05, 3.63) is 42.0 Å². The Morgan fingerprint density at radius 1 is 1.24 bits per heavy atom. The molecular weight excluding hydrogens is 268 g/mol. The zero-order chi connectivity index (χ0) is 15.4. The number of imidazole rings is 1. The Morgan fingerprint density at radius 3 is 2.62 bits per heavy atom. The van der Waals surface area contributed by atoms with Crippen LogP contribution in [0.2, 0.25) is 0 Å². The van der Waals surface area contributed by atoms with Gasteiger partial charge in [-0.3, -0.25) is 0 Å². The zero-order valence-electron chi connectivity index (χ0n) is 12.9. The lowest BCUT2D eigenvalue weighted by molar-refractivity contribution is 0.151. The van der Waals surface area contributed by atoms with Crippen LogP contribution in [0.4, 0.5) is 0 Å². The predicted molar refractivity (Wildman–Crippen MR) is 80.8 cm³/mol. The monoisotopic (exact) mass is 290 g/mol. The Bertz CT molecular complexity index is 593. The van der Waals surface area contributed by atoms with Crippen molar-refractivity contribution in [3.8, 4) is 11.5 Å². The molecule has 21 heavy (non-hydrogen) atoms. The van der Waals surface area contributed by atoms with Gasteiger partial charge in [-0.15, -0.1) is 0 Å². The maximum atomic E-state index is 10.5. The van der Waals surface area contributed by atoms with Crippen LogP contribution in [0.5, 0.6) is 11.5 Å². The minimum absolute atomic E-state index is 0.310. The Morgan fingerprint density at radius 2 is 2.00 bits per heavy atom. The second-order valence-electron chi connectivity index (χ2n) is 5.22. The third kappa shape index (κ3) is 3.36. The number of rotatable bonds is 6. The van der Waals surface area contributed by atoms with Crippen molar-refractivity contribution in [2.24, 2.45) is 0 Å². The summed E-state index contributed by atoms with van der Waals surface area (Å²) in [7, 11) is 3.19. The maximum absolute atomic E-state index is 10.5. The average molecular weight is 290 g/mol. The van der Waals surface area contributed by atoms with E-state index in [0.29, 0.717) is 24.0 Å². The van der Waals surface area contributed by atoms with Crippen LogP contribution in [0.1, 0.15) is 37.3 Å². The molecule has 0 aliphatic carbocycles. The highest BCUT2D eigenvalue weighted by Crippen LogP contribution is 2.30. The van der Waals surface area contributed by atoms with Gasteiger partial charge in [-0.2, -0.15) is 0 Å². The molecule has 5 heteroatoms. The summed E-state index contributed by atoms with van der Waals surface area (Å²) in [6, 6.07) is 5.42. The Labute approximate surface area is 125 Å². The lowest BCUT2D eigenvalue weighted by Gasteiger charge is -2.18. The number of aliphatic hydroxyl groups is 1. The van der Waals surface area contributed by atoms with E-state index in [4.69, 9.17) is 9.47 Å². The van der Waals surface area contributed by atoms with Gasteiger partial charge in [0.2, 0.25) is 0 Å². The van der Waals surface area contributed by atoms with E-state index in [-0.39, 0.29) is 0 Å². The van der Waals surface area contributed by atoms with Crippen molar-refractivity contribution < 1.29 is 14.6 Å². The molecule has 0 amide bonds. The van der Waals surface area contributed by atoms with Crippen LogP contribution < -0.4 is 9.47 Å². The summed E-state index contributed by atoms with van der Waals surface area (Å²) in [6.07, 6.45) is 2.97. The fraction of sp³-hybridized carbons (Fsp3) is 0.438. The Kier molecular flexibility index (Phi) is 4.85. The molecule has 0 saturated carbocycles. The summed E-state index contributed by atoms with van der Waals surface area (Å²) in [4.78, 5) is 4.33. The number of nitrogens with zero attached hydrogens (tertiary/aromatic N) is 2. The molecule has 1 heterocycles. The van der Waals surface area contributed by atoms with Crippen LogP contribution >= 0.6 is 0 Å². The van der Waals surface area contributed by atoms with Crippen molar-refractivity contribution in [2.45, 2.75) is 32.4 Å². The normalized spacial score (nSPS) is 12.5. The van der Waals surface area contributed by atoms with Crippen molar-refractivity contribution in [3.63, 3.8) is 0 Å². The van der Waals surface area contributed by atoms with Gasteiger partial charge >= 0.3 is 0 Å². The molecule has 114 valence electrons. The second kappa shape index (κ2) is 6.63. The van der Waals surface area contributed by atoms with Gasteiger partial charge in [0.25, 0.3) is 0 Å². The second-order valence-corrected chi connectivity index (χ2v) is 5.22. The van der Waals surface area contributed by atoms with Crippen molar-refractivity contribution in [1.29, 1.82) is 0 Å². The molecule has 0 saturated heterocycles. The highest BCUT2D eigenvalue weighted by atomic mass is 16.5. The molecule has 5 nitrogen and oxygen atoms in total. The van der Waals surface area contributed by atoms with Gasteiger partial charge in [0.1, 0.15) is 23.4 Å². The fourth-order valence-corrected chi connectivity index (χ4v) is 2.35. The van der Waals surface area contributed by atoms with E-state index in [1.54, 1.807) is 26.5 Å². The van der Waals surface area contributed by atoms with Gasteiger partial charge in [0.15, 0.2) is 0 Å². The summed E-state index contributed by atoms with van der Waals surface area (Å²) in [6.45, 7) is 4.61. The topological polar surface area (TPSA) is 56.5 Å². The third-order valence-electron chi connectivity index (χ3n) is 3.43. The summed E-state index contributed by atoms with van der Waals surface area (Å²) < 4.78 is 12.5. The molecule has 0 aliphatic heterocycles. The number of hydrogen-bond acceptors (Lipinski definition) is 4. The van der Waals surface area contributed by atoms with Crippen LogP contribution in [0, 0.1) is 0 Å². The lowest BCUT2D eigenvalue weighted by atomic mass is 10.1. The van der Waals surface area contributed by atoms with Crippen LogP contribution in [0.25, 0.3) is 0 Å². The Hall–Kier alpha value is -2.01. The molecule has 0 aliphatic rings. The van der Waals surface area contributed by atoms with E-state index in [1.165, 1.54) is 0 Å². The molecule has 1 unspecified atom stereocenters. The molecule has 1 aromatic carbocycles. The Balaban J connectivity index is 2.24. The third-order valence-corrected chi connectivity index (χ3v) is 3.43. The largest absolute Gasteiger partial charge is 0.497 e. The summed E-state index contributed by atoms with van der Waals surface area (Å²) in [5.41, 5.74) is 0.738. The van der Waals surface area contributed by atoms with Crippen LogP contribution in [0.3, 0.4) is 0 Å². The summed E-state index contributed by atoms with van der Waals surface area (Å²) >= 11 is 0. The highest BCUT2D eigenvalue weighted by Gasteiger charge is 2.17. The summed E-state index contributed by atoms with van der Waals surface area (Å²) in [5, 5.41) is 10.5. The van der Waals surface area contributed by atoms with E-state index < -0.39 is 6.10 Å². The number of aromatic nitrogens is 2. The predicted octanol–water partition coefficient (Wildman–Crippen LogP) is 2.76. The van der Waals surface area contributed by atoms with E-state index in [9.17, 15) is 5.11 Å². The van der Waals surface area contributed by atoms with E-state index in [1.807, 2.05) is 22.9 Å². The molecule has 2 rings (SSSR count). The van der Waals surface area contributed by atoms with Gasteiger partial charge in [0, 0.05) is 29.9 Å². The number of ether oxygens (including phenoxy) is 2. The van der Waals surface area contributed by atoms with E-state index >= 15 is 0 Å². The fourth-order valence-electron chi connectivity index (χ4n) is 2.35. The summed E-state index contributed by atoms with van der Waals surface area (Å²) in [5.74, 6) is 2.59. The van der Waals surface area contributed by atoms with Crippen molar-refractivity contribution in [2.75, 3.05) is 14.2 Å². The van der Waals surface area contributed by atoms with Gasteiger partial charge in [-0.25, -0.2) is 4.98 Å². The molecule has 1 aromatic heterocycles. The minimum atomic E-state index is -0.669. The lowest BCUT2D eigenvalue weighted by Crippen LogP contribution is -2.12. The smallest absolute Gasteiger partial charge is 0.128 e. The maximum Gasteiger partial charge on any atom is 0.128 e. The van der Waals surface area contributed by atoms with E-state index in [0.717, 1.165) is 11.4 Å². The standard InChI is InChI=1S/C16H22N2O3/c1-11(2)16-17-7-8-18(16)10-14(19)13-6-5-12(20-3)9-15(13)21-4/h5-9,11,14,19H,10H2,1-4H3. The van der Waals surface area contributed by atoms with Crippen LogP contribution in [-0.4, -0.2) is 28.9 Å². The molecular formula is C16H22N2O3. The zero-order valence-corrected chi connectivity index (χ0v) is 12.9. The molecule has 1 atom stereocenters. The van der Waals surface area contributed by atoms with Gasteiger partial charge < -0.3 is 19.1 Å². The SMILES string of the molecule is COc1ccc(C(O)Cn2ccnc2C(C)C)c(OC)c1. The molecule has 0 radical (unpaired) electrons. The quantitative estimate of drug-likeness (QED) is 0.888. The number of benzene rings is 1. The number of aliphatic hydroxyl groups excluding tert-OH is 1. The van der Waals surface area contributed by atoms with Gasteiger partial charge in [-0.05, 0) is 12.1 Å². The van der Waals surface area contributed by atoms with Gasteiger partial charge in [-0.1, -0.05) is 13.8 Å². The molecule has 1 N–H and O–H groups in total. The molecule has 0 spiro atoms. The first-order valence-corrected chi connectivity index (χ1v) is 6.97. The molecule has 0 bridgehead atoms. The van der Waals surface area contributed by atoms with Gasteiger partial charge in [0.05, 0.1) is 20.8 Å². The highest BCUT2D eigenvalue weighted by molar-refractivity contribution is 5.41. The first-order valence-electron chi connectivity index (χ1n) is 6.97. The van der Waals surface area contributed by atoms with Crippen LogP contribution in [0.15, 0.2) is 30.6 Å². The van der Waals surface area contributed by atoms with Crippen molar-refractivity contribution >= 4 is 0 Å². The number of methoxy groups -OCH3 is 2. The first-order chi connectivity index (χ1) is 10.1.